The molecule has 0 aromatic heterocycles. The van der Waals surface area contributed by atoms with Crippen molar-refractivity contribution < 1.29 is 14.3 Å². The number of amides is 2. The molecule has 0 saturated heterocycles. The number of nitrogens with one attached hydrogen (secondary N) is 1. The van der Waals surface area contributed by atoms with E-state index in [9.17, 15) is 9.59 Å². The lowest BCUT2D eigenvalue weighted by atomic mass is 10.1. The van der Waals surface area contributed by atoms with Gasteiger partial charge in [0.05, 0.1) is 12.1 Å². The average Bonchev–Trinajstić information content (AvgIpc) is 2.46. The Bertz CT molecular complexity index is 547. The van der Waals surface area contributed by atoms with E-state index in [0.29, 0.717) is 35.5 Å². The minimum Gasteiger partial charge on any atom is -0.495 e. The average molecular weight is 341 g/mol. The first-order chi connectivity index (χ1) is 10.8. The van der Waals surface area contributed by atoms with Gasteiger partial charge in [-0.05, 0) is 30.5 Å². The molecule has 0 atom stereocenters. The van der Waals surface area contributed by atoms with Crippen LogP contribution in [0.3, 0.4) is 0 Å². The monoisotopic (exact) mass is 340 g/mol. The van der Waals surface area contributed by atoms with E-state index in [-0.39, 0.29) is 18.2 Å². The molecule has 5 nitrogen and oxygen atoms in total. The third-order valence-electron chi connectivity index (χ3n) is 3.47. The van der Waals surface area contributed by atoms with Crippen molar-refractivity contribution in [2.45, 2.75) is 33.6 Å². The highest BCUT2D eigenvalue weighted by atomic mass is 35.5. The van der Waals surface area contributed by atoms with Gasteiger partial charge >= 0.3 is 0 Å². The third kappa shape index (κ3) is 6.91. The zero-order valence-corrected chi connectivity index (χ0v) is 14.9. The van der Waals surface area contributed by atoms with Crippen LogP contribution in [0.15, 0.2) is 18.2 Å². The summed E-state index contributed by atoms with van der Waals surface area (Å²) in [7, 11) is 1.53. The van der Waals surface area contributed by atoms with Gasteiger partial charge in [-0.15, -0.1) is 0 Å². The van der Waals surface area contributed by atoms with Crippen molar-refractivity contribution in [3.8, 4) is 5.75 Å². The summed E-state index contributed by atoms with van der Waals surface area (Å²) in [5, 5.41) is 3.21. The fourth-order valence-corrected chi connectivity index (χ4v) is 2.30. The second-order valence-electron chi connectivity index (χ2n) is 5.84. The summed E-state index contributed by atoms with van der Waals surface area (Å²) in [5.41, 5.74) is 0.609. The Morgan fingerprint density at radius 1 is 1.30 bits per heavy atom. The number of ether oxygens (including phenoxy) is 1. The highest BCUT2D eigenvalue weighted by molar-refractivity contribution is 6.32. The Kier molecular flexibility index (Phi) is 7.89. The predicted octanol–water partition coefficient (Wildman–Crippen LogP) is 3.57. The molecule has 1 aromatic carbocycles. The van der Waals surface area contributed by atoms with Crippen LogP contribution in [0.25, 0.3) is 0 Å². The van der Waals surface area contributed by atoms with Crippen molar-refractivity contribution in [3.05, 3.63) is 23.2 Å². The van der Waals surface area contributed by atoms with Gasteiger partial charge in [-0.2, -0.15) is 0 Å². The van der Waals surface area contributed by atoms with Gasteiger partial charge in [0.1, 0.15) is 5.75 Å². The van der Waals surface area contributed by atoms with E-state index in [1.54, 1.807) is 23.1 Å². The summed E-state index contributed by atoms with van der Waals surface area (Å²) in [6.45, 7) is 6.84. The molecular formula is C17H25ClN2O3. The van der Waals surface area contributed by atoms with Crippen LogP contribution in [0, 0.1) is 5.92 Å². The molecule has 23 heavy (non-hydrogen) atoms. The van der Waals surface area contributed by atoms with Gasteiger partial charge < -0.3 is 15.0 Å². The maximum atomic E-state index is 12.0. The van der Waals surface area contributed by atoms with E-state index < -0.39 is 0 Å². The lowest BCUT2D eigenvalue weighted by Gasteiger charge is -2.21. The molecule has 128 valence electrons. The number of anilines is 1. The van der Waals surface area contributed by atoms with Crippen LogP contribution < -0.4 is 10.1 Å². The molecule has 0 aliphatic heterocycles. The first-order valence-electron chi connectivity index (χ1n) is 7.72. The lowest BCUT2D eigenvalue weighted by Crippen LogP contribution is -2.33. The van der Waals surface area contributed by atoms with Crippen molar-refractivity contribution in [2.75, 3.05) is 25.5 Å². The van der Waals surface area contributed by atoms with Crippen LogP contribution in [0.1, 0.15) is 33.6 Å². The molecule has 0 saturated carbocycles. The Balaban J connectivity index is 2.51. The summed E-state index contributed by atoms with van der Waals surface area (Å²) in [5.74, 6) is 0.918. The number of benzene rings is 1. The zero-order valence-electron chi connectivity index (χ0n) is 14.2. The number of rotatable bonds is 8. The summed E-state index contributed by atoms with van der Waals surface area (Å²) in [6.07, 6.45) is 1.18. The van der Waals surface area contributed by atoms with E-state index in [0.717, 1.165) is 6.42 Å². The summed E-state index contributed by atoms with van der Waals surface area (Å²) < 4.78 is 5.07. The highest BCUT2D eigenvalue weighted by Gasteiger charge is 2.12. The first kappa shape index (κ1) is 19.3. The van der Waals surface area contributed by atoms with Crippen LogP contribution in [-0.2, 0) is 9.59 Å². The SMILES string of the molecule is COc1ccc(NC(=O)CCN(CCC(C)C)C(C)=O)cc1Cl. The highest BCUT2D eigenvalue weighted by Crippen LogP contribution is 2.27. The van der Waals surface area contributed by atoms with Gasteiger partial charge in [0.2, 0.25) is 11.8 Å². The Morgan fingerprint density at radius 3 is 2.52 bits per heavy atom. The predicted molar refractivity (Wildman–Crippen MR) is 93.0 cm³/mol. The topological polar surface area (TPSA) is 58.6 Å². The van der Waals surface area contributed by atoms with Gasteiger partial charge in [0.25, 0.3) is 0 Å². The normalized spacial score (nSPS) is 10.5. The second-order valence-corrected chi connectivity index (χ2v) is 6.24. The molecule has 1 rings (SSSR count). The van der Waals surface area contributed by atoms with Crippen LogP contribution >= 0.6 is 11.6 Å². The lowest BCUT2D eigenvalue weighted by molar-refractivity contribution is -0.129. The van der Waals surface area contributed by atoms with Gasteiger partial charge in [0.15, 0.2) is 0 Å². The zero-order chi connectivity index (χ0) is 17.4. The maximum Gasteiger partial charge on any atom is 0.226 e. The summed E-state index contributed by atoms with van der Waals surface area (Å²) in [6, 6.07) is 5.06. The van der Waals surface area contributed by atoms with Gasteiger partial charge in [-0.1, -0.05) is 25.4 Å². The summed E-state index contributed by atoms with van der Waals surface area (Å²) in [4.78, 5) is 25.3. The van der Waals surface area contributed by atoms with Gasteiger partial charge in [-0.25, -0.2) is 0 Å². The molecule has 0 radical (unpaired) electrons. The van der Waals surface area contributed by atoms with Crippen LogP contribution in [0.2, 0.25) is 5.02 Å². The molecule has 0 unspecified atom stereocenters. The minimum atomic E-state index is -0.151. The maximum absolute atomic E-state index is 12.0. The standard InChI is InChI=1S/C17H25ClN2O3/c1-12(2)7-9-20(13(3)21)10-8-17(22)19-14-5-6-16(23-4)15(18)11-14/h5-6,11-12H,7-10H2,1-4H3,(H,19,22). The van der Waals surface area contributed by atoms with Crippen molar-refractivity contribution >= 4 is 29.1 Å². The van der Waals surface area contributed by atoms with E-state index >= 15 is 0 Å². The van der Waals surface area contributed by atoms with Crippen LogP contribution in [-0.4, -0.2) is 36.9 Å². The Morgan fingerprint density at radius 2 is 2.00 bits per heavy atom. The molecule has 0 heterocycles. The van der Waals surface area contributed by atoms with Crippen LogP contribution in [0.4, 0.5) is 5.69 Å². The van der Waals surface area contributed by atoms with Gasteiger partial charge in [-0.3, -0.25) is 9.59 Å². The van der Waals surface area contributed by atoms with Crippen molar-refractivity contribution in [2.24, 2.45) is 5.92 Å². The summed E-state index contributed by atoms with van der Waals surface area (Å²) >= 11 is 6.02. The largest absolute Gasteiger partial charge is 0.495 e. The van der Waals surface area contributed by atoms with Crippen molar-refractivity contribution in [1.82, 2.24) is 4.90 Å². The van der Waals surface area contributed by atoms with Crippen LogP contribution in [0.5, 0.6) is 5.75 Å². The number of carbonyl (C=O) groups excluding carboxylic acids is 2. The minimum absolute atomic E-state index is 0.00839. The number of nitrogens with zero attached hydrogens (tertiary/aromatic N) is 1. The molecule has 0 bridgehead atoms. The van der Waals surface area contributed by atoms with E-state index in [1.807, 2.05) is 0 Å². The molecule has 0 aliphatic carbocycles. The fraction of sp³-hybridized carbons (Fsp3) is 0.529. The first-order valence-corrected chi connectivity index (χ1v) is 8.10. The molecule has 1 aromatic rings. The quantitative estimate of drug-likeness (QED) is 0.787. The molecule has 1 N–H and O–H groups in total. The molecular weight excluding hydrogens is 316 g/mol. The van der Waals surface area contributed by atoms with Crippen molar-refractivity contribution in [3.63, 3.8) is 0 Å². The molecule has 2 amide bonds. The second kappa shape index (κ2) is 9.40. The smallest absolute Gasteiger partial charge is 0.226 e. The number of hydrogen-bond donors (Lipinski definition) is 1. The molecule has 0 aliphatic rings. The van der Waals surface area contributed by atoms with E-state index in [1.165, 1.54) is 14.0 Å². The fourth-order valence-electron chi connectivity index (χ4n) is 2.04. The Hall–Kier alpha value is -1.75. The number of carbonyl (C=O) groups is 2. The number of methoxy groups -OCH3 is 1. The number of halogens is 1. The molecule has 0 fully saturated rings. The van der Waals surface area contributed by atoms with Crippen molar-refractivity contribution in [1.29, 1.82) is 0 Å². The molecule has 0 spiro atoms. The van der Waals surface area contributed by atoms with Gasteiger partial charge in [0, 0.05) is 32.1 Å². The Labute approximate surface area is 142 Å². The number of hydrogen-bond acceptors (Lipinski definition) is 3. The molecule has 6 heteroatoms. The van der Waals surface area contributed by atoms with E-state index in [2.05, 4.69) is 19.2 Å². The third-order valence-corrected chi connectivity index (χ3v) is 3.76. The van der Waals surface area contributed by atoms with E-state index in [4.69, 9.17) is 16.3 Å².